The van der Waals surface area contributed by atoms with E-state index in [0.29, 0.717) is 5.69 Å². The van der Waals surface area contributed by atoms with Crippen LogP contribution in [-0.4, -0.2) is 27.5 Å². The van der Waals surface area contributed by atoms with Crippen LogP contribution in [0.1, 0.15) is 13.8 Å². The summed E-state index contributed by atoms with van der Waals surface area (Å²) in [5, 5.41) is 2.00. The molecular formula is C18H20N2O4S2. The molecule has 3 N–H and O–H groups in total. The summed E-state index contributed by atoms with van der Waals surface area (Å²) in [5.41, 5.74) is 6.49. The van der Waals surface area contributed by atoms with Crippen LogP contribution in [0.4, 0.5) is 5.69 Å². The number of nitrogen functional groups attached to an aromatic ring is 1. The van der Waals surface area contributed by atoms with Crippen LogP contribution in [0, 0.1) is 5.92 Å². The highest BCUT2D eigenvalue weighted by Crippen LogP contribution is 2.36. The zero-order chi connectivity index (χ0) is 19.1. The first kappa shape index (κ1) is 18.6. The van der Waals surface area contributed by atoms with Crippen LogP contribution < -0.4 is 10.5 Å². The molecule has 0 fully saturated rings. The van der Waals surface area contributed by atoms with Crippen LogP contribution in [-0.2, 0) is 19.6 Å². The number of hydrogen-bond acceptors (Lipinski definition) is 6. The van der Waals surface area contributed by atoms with Gasteiger partial charge in [-0.2, -0.15) is 4.72 Å². The third-order valence-electron chi connectivity index (χ3n) is 4.18. The summed E-state index contributed by atoms with van der Waals surface area (Å²) >= 11 is 1.48. The van der Waals surface area contributed by atoms with E-state index in [2.05, 4.69) is 4.72 Å². The second-order valence-electron chi connectivity index (χ2n) is 6.38. The average Bonchev–Trinajstić information content (AvgIpc) is 2.95. The molecule has 1 atom stereocenters. The molecule has 26 heavy (non-hydrogen) atoms. The lowest BCUT2D eigenvalue weighted by molar-refractivity contribution is -0.143. The molecule has 1 heterocycles. The SMILES string of the molecule is COC(=O)[C@@H](NS(=O)(=O)c1ccc2c(c1)sc1cc(N)ccc12)C(C)C. The lowest BCUT2D eigenvalue weighted by Gasteiger charge is -2.19. The first-order valence-electron chi connectivity index (χ1n) is 8.05. The zero-order valence-electron chi connectivity index (χ0n) is 14.6. The van der Waals surface area contributed by atoms with Gasteiger partial charge in [-0.15, -0.1) is 11.3 Å². The summed E-state index contributed by atoms with van der Waals surface area (Å²) in [7, 11) is -2.63. The Kier molecular flexibility index (Phi) is 4.92. The van der Waals surface area contributed by atoms with Crippen LogP contribution in [0.25, 0.3) is 20.2 Å². The number of ether oxygens (including phenoxy) is 1. The highest BCUT2D eigenvalue weighted by atomic mass is 32.2. The molecule has 3 rings (SSSR count). The second-order valence-corrected chi connectivity index (χ2v) is 9.18. The molecule has 138 valence electrons. The van der Waals surface area contributed by atoms with Crippen molar-refractivity contribution in [1.82, 2.24) is 4.72 Å². The number of anilines is 1. The highest BCUT2D eigenvalue weighted by molar-refractivity contribution is 7.89. The van der Waals surface area contributed by atoms with Gasteiger partial charge in [0.25, 0.3) is 0 Å². The summed E-state index contributed by atoms with van der Waals surface area (Å²) in [6.07, 6.45) is 0. The number of nitrogens with one attached hydrogen (secondary N) is 1. The van der Waals surface area contributed by atoms with Crippen molar-refractivity contribution in [2.45, 2.75) is 24.8 Å². The second kappa shape index (κ2) is 6.86. The maximum atomic E-state index is 12.7. The van der Waals surface area contributed by atoms with Gasteiger partial charge in [0, 0.05) is 25.9 Å². The topological polar surface area (TPSA) is 98.5 Å². The van der Waals surface area contributed by atoms with Crippen molar-refractivity contribution in [3.05, 3.63) is 36.4 Å². The van der Waals surface area contributed by atoms with Crippen LogP contribution in [0.2, 0.25) is 0 Å². The van der Waals surface area contributed by atoms with Gasteiger partial charge in [0.1, 0.15) is 6.04 Å². The number of hydrogen-bond donors (Lipinski definition) is 2. The summed E-state index contributed by atoms with van der Waals surface area (Å²) in [5.74, 6) is -0.852. The molecular weight excluding hydrogens is 372 g/mol. The molecule has 0 unspecified atom stereocenters. The largest absolute Gasteiger partial charge is 0.468 e. The lowest BCUT2D eigenvalue weighted by atomic mass is 10.1. The Balaban J connectivity index is 2.03. The minimum Gasteiger partial charge on any atom is -0.468 e. The Hall–Kier alpha value is -2.16. The molecule has 0 spiro atoms. The standard InChI is InChI=1S/C18H20N2O4S2/c1-10(2)17(18(21)24-3)20-26(22,23)12-5-7-14-13-6-4-11(19)8-15(13)25-16(14)9-12/h4-10,17,20H,19H2,1-3H3/t17-/m0/s1. The molecule has 0 aliphatic rings. The molecule has 0 amide bonds. The number of thiophene rings is 1. The van der Waals surface area contributed by atoms with E-state index in [0.717, 1.165) is 20.2 Å². The van der Waals surface area contributed by atoms with Crippen LogP contribution in [0.3, 0.4) is 0 Å². The molecule has 0 aliphatic carbocycles. The maximum absolute atomic E-state index is 12.7. The number of esters is 1. The van der Waals surface area contributed by atoms with E-state index in [1.54, 1.807) is 32.0 Å². The molecule has 0 bridgehead atoms. The average molecular weight is 393 g/mol. The van der Waals surface area contributed by atoms with Gasteiger partial charge in [-0.1, -0.05) is 26.0 Å². The fraction of sp³-hybridized carbons (Fsp3) is 0.278. The van der Waals surface area contributed by atoms with E-state index in [-0.39, 0.29) is 10.8 Å². The van der Waals surface area contributed by atoms with Gasteiger partial charge < -0.3 is 10.5 Å². The quantitative estimate of drug-likeness (QED) is 0.513. The van der Waals surface area contributed by atoms with Crippen molar-refractivity contribution in [3.63, 3.8) is 0 Å². The molecule has 0 aliphatic heterocycles. The van der Waals surface area contributed by atoms with Crippen molar-refractivity contribution in [2.24, 2.45) is 5.92 Å². The van der Waals surface area contributed by atoms with Gasteiger partial charge in [0.15, 0.2) is 0 Å². The molecule has 6 nitrogen and oxygen atoms in total. The number of benzene rings is 2. The van der Waals surface area contributed by atoms with E-state index >= 15 is 0 Å². The van der Waals surface area contributed by atoms with Crippen molar-refractivity contribution in [2.75, 3.05) is 12.8 Å². The Morgan fingerprint density at radius 2 is 1.73 bits per heavy atom. The van der Waals surface area contributed by atoms with E-state index < -0.39 is 22.0 Å². The van der Waals surface area contributed by atoms with Gasteiger partial charge in [0.2, 0.25) is 10.0 Å². The monoisotopic (exact) mass is 392 g/mol. The van der Waals surface area contributed by atoms with E-state index in [1.807, 2.05) is 18.2 Å². The number of fused-ring (bicyclic) bond motifs is 3. The third-order valence-corrected chi connectivity index (χ3v) is 6.74. The fourth-order valence-corrected chi connectivity index (χ4v) is 5.39. The summed E-state index contributed by atoms with van der Waals surface area (Å²) in [4.78, 5) is 12.0. The van der Waals surface area contributed by atoms with Gasteiger partial charge >= 0.3 is 5.97 Å². The Labute approximate surface area is 156 Å². The first-order chi connectivity index (χ1) is 12.2. The van der Waals surface area contributed by atoms with Crippen LogP contribution >= 0.6 is 11.3 Å². The van der Waals surface area contributed by atoms with Gasteiger partial charge in [-0.3, -0.25) is 4.79 Å². The lowest BCUT2D eigenvalue weighted by Crippen LogP contribution is -2.44. The number of carbonyl (C=O) groups is 1. The molecule has 0 saturated carbocycles. The molecule has 1 aromatic heterocycles. The highest BCUT2D eigenvalue weighted by Gasteiger charge is 2.29. The predicted molar refractivity (Wildman–Crippen MR) is 105 cm³/mol. The number of nitrogens with two attached hydrogens (primary N) is 1. The summed E-state index contributed by atoms with van der Waals surface area (Å²) in [6, 6.07) is 9.63. The molecule has 0 saturated heterocycles. The maximum Gasteiger partial charge on any atom is 0.324 e. The van der Waals surface area contributed by atoms with Gasteiger partial charge in [-0.05, 0) is 30.2 Å². The molecule has 8 heteroatoms. The summed E-state index contributed by atoms with van der Waals surface area (Å²) in [6.45, 7) is 3.51. The molecule has 2 aromatic carbocycles. The minimum absolute atomic E-state index is 0.110. The molecule has 3 aromatic rings. The third kappa shape index (κ3) is 3.40. The number of carbonyl (C=O) groups excluding carboxylic acids is 1. The predicted octanol–water partition coefficient (Wildman–Crippen LogP) is 3.11. The van der Waals surface area contributed by atoms with Gasteiger partial charge in [-0.25, -0.2) is 8.42 Å². The number of methoxy groups -OCH3 is 1. The minimum atomic E-state index is -3.87. The Morgan fingerprint density at radius 1 is 1.12 bits per heavy atom. The van der Waals surface area contributed by atoms with Crippen molar-refractivity contribution in [3.8, 4) is 0 Å². The van der Waals surface area contributed by atoms with E-state index in [9.17, 15) is 13.2 Å². The summed E-state index contributed by atoms with van der Waals surface area (Å²) < 4.78 is 34.5. The Bertz CT molecular complexity index is 1090. The normalized spacial score (nSPS) is 13.4. The fourth-order valence-electron chi connectivity index (χ4n) is 2.76. The number of rotatable bonds is 5. The van der Waals surface area contributed by atoms with Crippen LogP contribution in [0.15, 0.2) is 41.3 Å². The van der Waals surface area contributed by atoms with Gasteiger partial charge in [0.05, 0.1) is 12.0 Å². The smallest absolute Gasteiger partial charge is 0.324 e. The van der Waals surface area contributed by atoms with Crippen molar-refractivity contribution in [1.29, 1.82) is 0 Å². The van der Waals surface area contributed by atoms with Crippen LogP contribution in [0.5, 0.6) is 0 Å². The van der Waals surface area contributed by atoms with E-state index in [4.69, 9.17) is 10.5 Å². The molecule has 0 radical (unpaired) electrons. The first-order valence-corrected chi connectivity index (χ1v) is 10.3. The van der Waals surface area contributed by atoms with Crippen molar-refractivity contribution >= 4 is 53.2 Å². The Morgan fingerprint density at radius 3 is 2.35 bits per heavy atom. The zero-order valence-corrected chi connectivity index (χ0v) is 16.3. The number of sulfonamides is 1. The van der Waals surface area contributed by atoms with Crippen molar-refractivity contribution < 1.29 is 17.9 Å². The van der Waals surface area contributed by atoms with E-state index in [1.165, 1.54) is 18.4 Å².